The van der Waals surface area contributed by atoms with Crippen LogP contribution < -0.4 is 20.0 Å². The summed E-state index contributed by atoms with van der Waals surface area (Å²) in [5, 5.41) is 6.90. The highest BCUT2D eigenvalue weighted by atomic mass is 32.1. The number of thiocarbonyl (C=S) groups is 1. The second-order valence-corrected chi connectivity index (χ2v) is 10.7. The molecule has 36 heavy (non-hydrogen) atoms. The summed E-state index contributed by atoms with van der Waals surface area (Å²) in [5.74, 6) is 3.00. The molecule has 0 aromatic carbocycles. The molecule has 0 amide bonds. The molecule has 3 saturated heterocycles. The summed E-state index contributed by atoms with van der Waals surface area (Å²) in [6, 6.07) is 6.12. The number of thiazole rings is 1. The maximum absolute atomic E-state index is 5.74. The molecule has 3 aromatic rings. The minimum absolute atomic E-state index is 0.722. The Morgan fingerprint density at radius 2 is 1.50 bits per heavy atom. The van der Waals surface area contributed by atoms with E-state index in [1.54, 1.807) is 17.5 Å². The van der Waals surface area contributed by atoms with Gasteiger partial charge in [-0.2, -0.15) is 9.97 Å². The zero-order chi connectivity index (χ0) is 24.3. The molecule has 3 fully saturated rings. The Balaban J connectivity index is 1.11. The van der Waals surface area contributed by atoms with Gasteiger partial charge in [-0.25, -0.2) is 4.98 Å². The fourth-order valence-corrected chi connectivity index (χ4v) is 6.09. The van der Waals surface area contributed by atoms with Gasteiger partial charge < -0.3 is 24.9 Å². The highest BCUT2D eigenvalue weighted by Crippen LogP contribution is 2.28. The van der Waals surface area contributed by atoms with Crippen molar-refractivity contribution in [3.8, 4) is 11.3 Å². The van der Waals surface area contributed by atoms with Gasteiger partial charge in [0.1, 0.15) is 11.6 Å². The van der Waals surface area contributed by atoms with Crippen molar-refractivity contribution in [1.82, 2.24) is 24.8 Å². The van der Waals surface area contributed by atoms with Crippen molar-refractivity contribution in [1.29, 1.82) is 0 Å². The van der Waals surface area contributed by atoms with Gasteiger partial charge in [-0.15, -0.1) is 11.3 Å². The van der Waals surface area contributed by atoms with E-state index in [-0.39, 0.29) is 0 Å². The largest absolute Gasteiger partial charge is 0.356 e. The van der Waals surface area contributed by atoms with Crippen LogP contribution in [0.1, 0.15) is 25.7 Å². The standard InChI is InChI=1S/C25H31N9S2/c35-25(30-24-27-20(18-36-24)19-6-5-7-26-17-19)34-14-12-32(13-15-34)22-16-21(31-8-1-2-9-31)28-23(29-22)33-10-3-4-11-33/h5-7,16-18H,1-4,8-15H2,(H,27,30,35). The number of piperazine rings is 1. The fourth-order valence-electron chi connectivity index (χ4n) is 5.03. The monoisotopic (exact) mass is 521 g/mol. The number of aromatic nitrogens is 4. The summed E-state index contributed by atoms with van der Waals surface area (Å²) in [7, 11) is 0. The van der Waals surface area contributed by atoms with Crippen molar-refractivity contribution >= 4 is 51.4 Å². The quantitative estimate of drug-likeness (QED) is 0.502. The Morgan fingerprint density at radius 1 is 0.833 bits per heavy atom. The summed E-state index contributed by atoms with van der Waals surface area (Å²) in [6.07, 6.45) is 8.52. The van der Waals surface area contributed by atoms with Gasteiger partial charge in [0, 0.05) is 81.8 Å². The minimum Gasteiger partial charge on any atom is -0.356 e. The summed E-state index contributed by atoms with van der Waals surface area (Å²) in [5.41, 5.74) is 1.92. The molecule has 0 unspecified atom stereocenters. The lowest BCUT2D eigenvalue weighted by molar-refractivity contribution is 0.389. The Hall–Kier alpha value is -3.05. The average molecular weight is 522 g/mol. The molecule has 3 aliphatic heterocycles. The van der Waals surface area contributed by atoms with E-state index in [1.807, 2.05) is 23.7 Å². The third-order valence-corrected chi connectivity index (χ3v) is 8.19. The van der Waals surface area contributed by atoms with Gasteiger partial charge in [0.15, 0.2) is 10.2 Å². The first-order chi connectivity index (χ1) is 17.7. The van der Waals surface area contributed by atoms with Crippen LogP contribution in [0.4, 0.5) is 22.7 Å². The van der Waals surface area contributed by atoms with Crippen molar-refractivity contribution in [2.24, 2.45) is 0 Å². The molecule has 188 valence electrons. The van der Waals surface area contributed by atoms with E-state index in [1.165, 1.54) is 25.7 Å². The molecule has 9 nitrogen and oxygen atoms in total. The number of hydrogen-bond acceptors (Lipinski definition) is 9. The maximum atomic E-state index is 5.74. The third kappa shape index (κ3) is 5.08. The highest BCUT2D eigenvalue weighted by Gasteiger charge is 2.25. The predicted octanol–water partition coefficient (Wildman–Crippen LogP) is 3.71. The Bertz CT molecular complexity index is 1150. The van der Waals surface area contributed by atoms with Crippen LogP contribution >= 0.6 is 23.6 Å². The van der Waals surface area contributed by atoms with Crippen LogP contribution in [0.3, 0.4) is 0 Å². The van der Waals surface area contributed by atoms with E-state index in [4.69, 9.17) is 22.2 Å². The van der Waals surface area contributed by atoms with E-state index < -0.39 is 0 Å². The fraction of sp³-hybridized carbons (Fsp3) is 0.480. The van der Waals surface area contributed by atoms with Crippen LogP contribution in [0, 0.1) is 0 Å². The molecule has 6 heterocycles. The molecule has 11 heteroatoms. The van der Waals surface area contributed by atoms with E-state index in [0.717, 1.165) is 91.4 Å². The van der Waals surface area contributed by atoms with Crippen molar-refractivity contribution in [2.75, 3.05) is 72.4 Å². The molecule has 0 saturated carbocycles. The molecular formula is C25H31N9S2. The minimum atomic E-state index is 0.722. The number of rotatable bonds is 5. The van der Waals surface area contributed by atoms with E-state index in [9.17, 15) is 0 Å². The van der Waals surface area contributed by atoms with Crippen molar-refractivity contribution in [3.63, 3.8) is 0 Å². The lowest BCUT2D eigenvalue weighted by atomic mass is 10.2. The second-order valence-electron chi connectivity index (χ2n) is 9.46. The zero-order valence-corrected chi connectivity index (χ0v) is 22.0. The van der Waals surface area contributed by atoms with Crippen LogP contribution in [0.25, 0.3) is 11.3 Å². The lowest BCUT2D eigenvalue weighted by Crippen LogP contribution is -2.50. The number of nitrogens with one attached hydrogen (secondary N) is 1. The van der Waals surface area contributed by atoms with E-state index in [2.05, 4.69) is 41.0 Å². The SMILES string of the molecule is S=C(Nc1nc(-c2cccnc2)cs1)N1CCN(c2cc(N3CCCC3)nc(N3CCCC3)n2)CC1. The van der Waals surface area contributed by atoms with E-state index in [0.29, 0.717) is 0 Å². The van der Waals surface area contributed by atoms with Crippen LogP contribution in [-0.4, -0.2) is 82.3 Å². The highest BCUT2D eigenvalue weighted by molar-refractivity contribution is 7.80. The molecular weight excluding hydrogens is 490 g/mol. The lowest BCUT2D eigenvalue weighted by Gasteiger charge is -2.37. The van der Waals surface area contributed by atoms with Crippen LogP contribution in [0.2, 0.25) is 0 Å². The Labute approximate surface area is 221 Å². The molecule has 0 spiro atoms. The smallest absolute Gasteiger partial charge is 0.229 e. The Morgan fingerprint density at radius 3 is 2.17 bits per heavy atom. The van der Waals surface area contributed by atoms with Crippen LogP contribution in [0.5, 0.6) is 0 Å². The molecule has 0 atom stereocenters. The average Bonchev–Trinajstić information content (AvgIpc) is 3.72. The number of pyridine rings is 1. The van der Waals surface area contributed by atoms with Gasteiger partial charge in [0.05, 0.1) is 5.69 Å². The molecule has 0 bridgehead atoms. The summed E-state index contributed by atoms with van der Waals surface area (Å²) < 4.78 is 0. The predicted molar refractivity (Wildman–Crippen MR) is 150 cm³/mol. The number of anilines is 4. The molecule has 6 rings (SSSR count). The summed E-state index contributed by atoms with van der Waals surface area (Å²) in [6.45, 7) is 7.70. The first-order valence-corrected chi connectivity index (χ1v) is 14.1. The van der Waals surface area contributed by atoms with Gasteiger partial charge in [0.25, 0.3) is 0 Å². The third-order valence-electron chi connectivity index (χ3n) is 7.07. The van der Waals surface area contributed by atoms with Crippen LogP contribution in [-0.2, 0) is 0 Å². The summed E-state index contributed by atoms with van der Waals surface area (Å²) in [4.78, 5) is 28.2. The van der Waals surface area contributed by atoms with Crippen molar-refractivity contribution in [3.05, 3.63) is 36.0 Å². The molecule has 0 aliphatic carbocycles. The zero-order valence-electron chi connectivity index (χ0n) is 20.3. The molecule has 3 aromatic heterocycles. The molecule has 3 aliphatic rings. The van der Waals surface area contributed by atoms with E-state index >= 15 is 0 Å². The first kappa shape index (κ1) is 23.4. The van der Waals surface area contributed by atoms with Gasteiger partial charge >= 0.3 is 0 Å². The van der Waals surface area contributed by atoms with Gasteiger partial charge in [-0.3, -0.25) is 4.98 Å². The Kier molecular flexibility index (Phi) is 6.82. The maximum Gasteiger partial charge on any atom is 0.229 e. The summed E-state index contributed by atoms with van der Waals surface area (Å²) >= 11 is 7.30. The van der Waals surface area contributed by atoms with Gasteiger partial charge in [-0.1, -0.05) is 0 Å². The number of nitrogens with zero attached hydrogens (tertiary/aromatic N) is 8. The van der Waals surface area contributed by atoms with Gasteiger partial charge in [-0.05, 0) is 50.0 Å². The second kappa shape index (κ2) is 10.5. The van der Waals surface area contributed by atoms with Crippen molar-refractivity contribution in [2.45, 2.75) is 25.7 Å². The molecule has 0 radical (unpaired) electrons. The first-order valence-electron chi connectivity index (χ1n) is 12.8. The van der Waals surface area contributed by atoms with Gasteiger partial charge in [0.2, 0.25) is 5.95 Å². The van der Waals surface area contributed by atoms with Crippen LogP contribution in [0.15, 0.2) is 36.0 Å². The normalized spacial score (nSPS) is 18.2. The topological polar surface area (TPSA) is 76.6 Å². The molecule has 1 N–H and O–H groups in total. The number of hydrogen-bond donors (Lipinski definition) is 1. The van der Waals surface area contributed by atoms with Crippen molar-refractivity contribution < 1.29 is 0 Å².